The Morgan fingerprint density at radius 2 is 0.868 bits per heavy atom. The van der Waals surface area contributed by atoms with Gasteiger partial charge in [0.25, 0.3) is 0 Å². The van der Waals surface area contributed by atoms with E-state index in [0.717, 1.165) is 38.5 Å². The summed E-state index contributed by atoms with van der Waals surface area (Å²) in [6.45, 7) is 3.63. The van der Waals surface area contributed by atoms with Crippen LogP contribution in [-0.2, 0) is 14.3 Å². The minimum atomic E-state index is -1.61. The minimum Gasteiger partial charge on any atom is -0.394 e. The molecule has 8 atom stereocenters. The van der Waals surface area contributed by atoms with Crippen LogP contribution in [0.2, 0.25) is 0 Å². The maximum Gasteiger partial charge on any atom is 0.249 e. The molecule has 0 aromatic rings. The maximum atomic E-state index is 13.1. The Labute approximate surface area is 418 Å². The zero-order chi connectivity index (χ0) is 49.6. The molecule has 402 valence electrons. The van der Waals surface area contributed by atoms with E-state index in [1.807, 2.05) is 6.08 Å². The second-order valence-corrected chi connectivity index (χ2v) is 20.6. The Hall–Kier alpha value is -1.37. The predicted molar refractivity (Wildman–Crippen MR) is 283 cm³/mol. The van der Waals surface area contributed by atoms with Gasteiger partial charge in [0.2, 0.25) is 5.91 Å². The number of carbonyl (C=O) groups excluding carboxylic acids is 1. The Bertz CT molecular complexity index is 1140. The molecule has 1 aliphatic heterocycles. The molecular weight excluding hydrogens is 855 g/mol. The molecule has 1 rings (SSSR count). The summed E-state index contributed by atoms with van der Waals surface area (Å²) in [5, 5.41) is 65.0. The lowest BCUT2D eigenvalue weighted by molar-refractivity contribution is -0.302. The molecule has 0 radical (unpaired) electrons. The molecule has 10 heteroatoms. The van der Waals surface area contributed by atoms with Crippen LogP contribution in [0.25, 0.3) is 0 Å². The molecule has 1 amide bonds. The van der Waals surface area contributed by atoms with Crippen molar-refractivity contribution in [2.24, 2.45) is 0 Å². The highest BCUT2D eigenvalue weighted by molar-refractivity contribution is 5.80. The summed E-state index contributed by atoms with van der Waals surface area (Å²) in [6, 6.07) is -0.994. The quantitative estimate of drug-likeness (QED) is 0.0232. The van der Waals surface area contributed by atoms with Crippen LogP contribution in [0.1, 0.15) is 277 Å². The third-order valence-electron chi connectivity index (χ3n) is 14.1. The lowest BCUT2D eigenvalue weighted by Crippen LogP contribution is -2.60. The van der Waals surface area contributed by atoms with Crippen molar-refractivity contribution in [1.82, 2.24) is 5.32 Å². The number of rotatable bonds is 50. The highest BCUT2D eigenvalue weighted by Gasteiger charge is 2.44. The topological polar surface area (TPSA) is 169 Å². The van der Waals surface area contributed by atoms with Crippen LogP contribution in [0.15, 0.2) is 24.3 Å². The fourth-order valence-corrected chi connectivity index (χ4v) is 9.42. The smallest absolute Gasteiger partial charge is 0.249 e. The van der Waals surface area contributed by atoms with E-state index in [4.69, 9.17) is 9.47 Å². The highest BCUT2D eigenvalue weighted by atomic mass is 16.7. The number of unbranched alkanes of at least 4 members (excludes halogenated alkanes) is 37. The summed E-state index contributed by atoms with van der Waals surface area (Å²) in [4.78, 5) is 13.1. The van der Waals surface area contributed by atoms with Gasteiger partial charge in [0, 0.05) is 0 Å². The molecule has 10 nitrogen and oxygen atoms in total. The van der Waals surface area contributed by atoms with Gasteiger partial charge in [-0.15, -0.1) is 0 Å². The normalized spacial score (nSPS) is 20.1. The summed E-state index contributed by atoms with van der Waals surface area (Å²) in [5.41, 5.74) is 0. The van der Waals surface area contributed by atoms with Crippen LogP contribution < -0.4 is 5.32 Å². The predicted octanol–water partition coefficient (Wildman–Crippen LogP) is 13.2. The van der Waals surface area contributed by atoms with Gasteiger partial charge in [-0.1, -0.05) is 269 Å². The number of hydrogen-bond acceptors (Lipinski definition) is 9. The monoisotopic (exact) mass is 966 g/mol. The molecule has 1 heterocycles. The van der Waals surface area contributed by atoms with E-state index in [1.165, 1.54) is 212 Å². The first-order chi connectivity index (χ1) is 33.3. The van der Waals surface area contributed by atoms with E-state index in [1.54, 1.807) is 6.08 Å². The van der Waals surface area contributed by atoms with Crippen molar-refractivity contribution in [1.29, 1.82) is 0 Å². The van der Waals surface area contributed by atoms with Crippen molar-refractivity contribution >= 4 is 5.91 Å². The SMILES string of the molecule is CCCCCCCCCCCCC/C=C/CC/C=C/C(O)C(COC1OC(CO)C(O)C(O)C1O)NC(=O)C(O)CCCCCCCCCCCCCCCCCCCCCCCCCCCC. The number of ether oxygens (including phenoxy) is 2. The Kier molecular flexibility index (Phi) is 45.6. The molecule has 68 heavy (non-hydrogen) atoms. The van der Waals surface area contributed by atoms with Gasteiger partial charge < -0.3 is 45.4 Å². The molecule has 1 fully saturated rings. The van der Waals surface area contributed by atoms with Crippen LogP contribution in [0.4, 0.5) is 0 Å². The molecular formula is C58H111NO9. The summed E-state index contributed by atoms with van der Waals surface area (Å²) in [5.74, 6) is -0.621. The number of allylic oxidation sites excluding steroid dienone is 3. The van der Waals surface area contributed by atoms with Gasteiger partial charge in [-0.05, 0) is 32.1 Å². The molecule has 0 aromatic carbocycles. The molecule has 8 unspecified atom stereocenters. The lowest BCUT2D eigenvalue weighted by atomic mass is 9.99. The number of hydrogen-bond donors (Lipinski definition) is 7. The molecule has 7 N–H and O–H groups in total. The number of aliphatic hydroxyl groups excluding tert-OH is 6. The van der Waals surface area contributed by atoms with Crippen LogP contribution in [0.5, 0.6) is 0 Å². The lowest BCUT2D eigenvalue weighted by Gasteiger charge is -2.40. The third-order valence-corrected chi connectivity index (χ3v) is 14.1. The van der Waals surface area contributed by atoms with E-state index in [9.17, 15) is 35.4 Å². The fourth-order valence-electron chi connectivity index (χ4n) is 9.42. The molecule has 0 saturated carbocycles. The van der Waals surface area contributed by atoms with Crippen LogP contribution >= 0.6 is 0 Å². The number of carbonyl (C=O) groups is 1. The molecule has 0 aromatic heterocycles. The molecule has 1 aliphatic rings. The summed E-state index contributed by atoms with van der Waals surface area (Å²) >= 11 is 0. The first-order valence-electron chi connectivity index (χ1n) is 29.2. The van der Waals surface area contributed by atoms with Crippen molar-refractivity contribution in [3.8, 4) is 0 Å². The summed E-state index contributed by atoms with van der Waals surface area (Å²) in [6.07, 6.45) is 50.0. The second-order valence-electron chi connectivity index (χ2n) is 20.6. The first kappa shape index (κ1) is 64.6. The average Bonchev–Trinajstić information content (AvgIpc) is 3.34. The average molecular weight is 967 g/mol. The summed E-state index contributed by atoms with van der Waals surface area (Å²) < 4.78 is 11.2. The fraction of sp³-hybridized carbons (Fsp3) is 0.914. The van der Waals surface area contributed by atoms with Crippen molar-refractivity contribution < 1.29 is 44.9 Å². The van der Waals surface area contributed by atoms with Crippen molar-refractivity contribution in [2.75, 3.05) is 13.2 Å². The Morgan fingerprint density at radius 1 is 0.500 bits per heavy atom. The standard InChI is InChI=1S/C58H111NO9/c1-3-5-7-9-11-13-15-17-19-21-22-23-24-25-26-27-28-29-31-33-35-37-39-41-43-45-47-52(62)57(66)59-50(49-67-58-56(65)55(64)54(63)53(48-60)68-58)51(61)46-44-42-40-38-36-34-32-30-20-18-16-14-12-10-8-6-4-2/h36,38,44,46,50-56,58,60-65H,3-35,37,39-43,45,47-49H2,1-2H3,(H,59,66)/b38-36+,46-44+. The Balaban J connectivity index is 2.25. The van der Waals surface area contributed by atoms with Crippen LogP contribution in [0.3, 0.4) is 0 Å². The van der Waals surface area contributed by atoms with Crippen LogP contribution in [-0.4, -0.2) is 98.7 Å². The maximum absolute atomic E-state index is 13.1. The van der Waals surface area contributed by atoms with E-state index >= 15 is 0 Å². The number of aliphatic hydroxyl groups is 6. The van der Waals surface area contributed by atoms with Gasteiger partial charge in [0.1, 0.15) is 30.5 Å². The van der Waals surface area contributed by atoms with Gasteiger partial charge in [0.05, 0.1) is 25.4 Å². The Morgan fingerprint density at radius 3 is 1.28 bits per heavy atom. The van der Waals surface area contributed by atoms with E-state index < -0.39 is 61.5 Å². The number of nitrogens with one attached hydrogen (secondary N) is 1. The van der Waals surface area contributed by atoms with E-state index in [-0.39, 0.29) is 6.61 Å². The zero-order valence-corrected chi connectivity index (χ0v) is 44.2. The number of amides is 1. The molecule has 0 bridgehead atoms. The van der Waals surface area contributed by atoms with Crippen molar-refractivity contribution in [3.63, 3.8) is 0 Å². The van der Waals surface area contributed by atoms with Gasteiger partial charge in [-0.25, -0.2) is 0 Å². The van der Waals surface area contributed by atoms with Gasteiger partial charge in [0.15, 0.2) is 6.29 Å². The van der Waals surface area contributed by atoms with E-state index in [2.05, 4.69) is 31.3 Å². The molecule has 0 aliphatic carbocycles. The van der Waals surface area contributed by atoms with Crippen LogP contribution in [0, 0.1) is 0 Å². The zero-order valence-electron chi connectivity index (χ0n) is 44.2. The summed E-state index contributed by atoms with van der Waals surface area (Å²) in [7, 11) is 0. The van der Waals surface area contributed by atoms with E-state index in [0.29, 0.717) is 12.8 Å². The highest BCUT2D eigenvalue weighted by Crippen LogP contribution is 2.23. The van der Waals surface area contributed by atoms with Gasteiger partial charge >= 0.3 is 0 Å². The van der Waals surface area contributed by atoms with Gasteiger partial charge in [-0.3, -0.25) is 4.79 Å². The van der Waals surface area contributed by atoms with Crippen molar-refractivity contribution in [3.05, 3.63) is 24.3 Å². The second kappa shape index (κ2) is 47.9. The first-order valence-corrected chi connectivity index (χ1v) is 29.2. The molecule has 0 spiro atoms. The van der Waals surface area contributed by atoms with Crippen molar-refractivity contribution in [2.45, 2.75) is 326 Å². The minimum absolute atomic E-state index is 0.308. The molecule has 1 saturated heterocycles. The largest absolute Gasteiger partial charge is 0.394 e. The third kappa shape index (κ3) is 36.5. The van der Waals surface area contributed by atoms with Gasteiger partial charge in [-0.2, -0.15) is 0 Å².